The molecular weight excluding hydrogens is 735 g/mol. The molecule has 1 aliphatic heterocycles. The Labute approximate surface area is 361 Å². The van der Waals surface area contributed by atoms with Crippen LogP contribution in [0, 0.1) is 0 Å². The molecule has 0 bridgehead atoms. The molecule has 1 aliphatic rings. The first-order valence-electron chi connectivity index (χ1n) is 24.6. The standard InChI is InChI=1S/C50H80N2.2C2H5.Ni/c1-8-15-22-29-40-35-45(36-41(30-23-16-9-2)47(40)33-26-19-12-5)49-39-44(28-21-14-7)50(52(49)51)46-37-42(31-24-17-10-3)48(34-27-20-13-6)43(38-46)32-25-18-11-4;2*1-2;/h35-39H,8-34H2,1-7H3;2*1H2,2H3;. The number of nitrogens with zero attached hydrogens (tertiary/aromatic N) is 2. The molecule has 2 aromatic carbocycles. The summed E-state index contributed by atoms with van der Waals surface area (Å²) in [7, 11) is 0. The van der Waals surface area contributed by atoms with E-state index >= 15 is 0 Å². The molecular formula is C54H90N2Ni. The van der Waals surface area contributed by atoms with Gasteiger partial charge in [-0.05, 0) is 148 Å². The molecule has 1 heterocycles. The van der Waals surface area contributed by atoms with Crippen LogP contribution in [0.15, 0.2) is 35.9 Å². The van der Waals surface area contributed by atoms with Crippen molar-refractivity contribution in [1.29, 1.82) is 0 Å². The third-order valence-electron chi connectivity index (χ3n) is 11.9. The van der Waals surface area contributed by atoms with Crippen LogP contribution in [0.3, 0.4) is 0 Å². The van der Waals surface area contributed by atoms with E-state index in [0.717, 1.165) is 56.3 Å². The normalized spacial score (nSPS) is 12.8. The Morgan fingerprint density at radius 3 is 1.05 bits per heavy atom. The summed E-state index contributed by atoms with van der Waals surface area (Å²) in [6.07, 6.45) is 35.4. The number of aryl methyl sites for hydroxylation is 4. The van der Waals surface area contributed by atoms with Gasteiger partial charge >= 0.3 is 39.1 Å². The fourth-order valence-electron chi connectivity index (χ4n) is 8.56. The predicted octanol–water partition coefficient (Wildman–Crippen LogP) is 18.0. The average Bonchev–Trinajstić information content (AvgIpc) is 3.54. The number of allylic oxidation sites excluding steroid dienone is 2. The second kappa shape index (κ2) is 31.9. The maximum absolute atomic E-state index is 12.4. The van der Waals surface area contributed by atoms with Crippen molar-refractivity contribution in [2.24, 2.45) is 0 Å². The van der Waals surface area contributed by atoms with Crippen molar-refractivity contribution in [3.05, 3.63) is 86.0 Å². The Kier molecular flexibility index (Phi) is 28.6. The predicted molar refractivity (Wildman–Crippen MR) is 251 cm³/mol. The summed E-state index contributed by atoms with van der Waals surface area (Å²) in [6, 6.07) is 9.98. The summed E-state index contributed by atoms with van der Waals surface area (Å²) < 4.78 is 1.63. The van der Waals surface area contributed by atoms with Crippen LogP contribution < -0.4 is 0 Å². The molecule has 3 rings (SSSR count). The van der Waals surface area contributed by atoms with Gasteiger partial charge in [0.05, 0.1) is 0 Å². The molecule has 0 N–H and O–H groups in total. The Bertz CT molecular complexity index is 1400. The van der Waals surface area contributed by atoms with E-state index in [2.05, 4.69) is 92.7 Å². The third-order valence-corrected chi connectivity index (χ3v) is 12.9. The zero-order valence-electron chi connectivity index (χ0n) is 39.1. The monoisotopic (exact) mass is 825 g/mol. The van der Waals surface area contributed by atoms with Crippen molar-refractivity contribution >= 4 is 11.4 Å². The molecule has 0 amide bonds. The van der Waals surface area contributed by atoms with Gasteiger partial charge < -0.3 is 5.53 Å². The van der Waals surface area contributed by atoms with Crippen LogP contribution in [0.2, 0.25) is 10.8 Å². The van der Waals surface area contributed by atoms with Crippen LogP contribution in [-0.2, 0) is 53.0 Å². The minimum atomic E-state index is 0.988. The van der Waals surface area contributed by atoms with Gasteiger partial charge in [-0.2, -0.15) is 0 Å². The van der Waals surface area contributed by atoms with Gasteiger partial charge in [-0.1, -0.05) is 132 Å². The van der Waals surface area contributed by atoms with E-state index in [0.29, 0.717) is 0 Å². The number of rotatable bonds is 31. The van der Waals surface area contributed by atoms with Gasteiger partial charge in [0.1, 0.15) is 0 Å². The van der Waals surface area contributed by atoms with Crippen LogP contribution in [-0.4, -0.2) is 4.70 Å². The Morgan fingerprint density at radius 1 is 0.404 bits per heavy atom. The number of hydrogen-bond donors (Lipinski definition) is 0. The topological polar surface area (TPSA) is 25.3 Å². The van der Waals surface area contributed by atoms with Crippen molar-refractivity contribution in [2.45, 2.75) is 246 Å². The zero-order chi connectivity index (χ0) is 41.7. The summed E-state index contributed by atoms with van der Waals surface area (Å²) in [5, 5.41) is 2.56. The van der Waals surface area contributed by atoms with Crippen LogP contribution >= 0.6 is 0 Å². The molecule has 0 saturated heterocycles. The number of benzene rings is 2. The summed E-state index contributed by atoms with van der Waals surface area (Å²) in [4.78, 5) is 0. The van der Waals surface area contributed by atoms with E-state index in [4.69, 9.17) is 0 Å². The first-order chi connectivity index (χ1) is 27.9. The molecule has 2 aromatic rings. The zero-order valence-corrected chi connectivity index (χ0v) is 40.1. The molecule has 3 heteroatoms. The van der Waals surface area contributed by atoms with Crippen molar-refractivity contribution in [1.82, 2.24) is 0 Å². The Morgan fingerprint density at radius 2 is 0.737 bits per heavy atom. The van der Waals surface area contributed by atoms with Crippen molar-refractivity contribution < 1.29 is 19.1 Å². The first kappa shape index (κ1) is 51.2. The molecule has 0 aromatic heterocycles. The quantitative estimate of drug-likeness (QED) is 0.0411. The second-order valence-corrected chi connectivity index (χ2v) is 18.6. The Hall–Kier alpha value is -1.99. The number of hydrogen-bond acceptors (Lipinski definition) is 0. The van der Waals surface area contributed by atoms with Crippen LogP contribution in [0.25, 0.3) is 16.9 Å². The van der Waals surface area contributed by atoms with E-state index in [1.165, 1.54) is 156 Å². The van der Waals surface area contributed by atoms with Crippen molar-refractivity contribution in [2.75, 3.05) is 0 Å². The molecule has 2 nitrogen and oxygen atoms in total. The van der Waals surface area contributed by atoms with Gasteiger partial charge in [-0.3, -0.25) is 0 Å². The van der Waals surface area contributed by atoms with E-state index in [1.54, 1.807) is 38.1 Å². The summed E-state index contributed by atoms with van der Waals surface area (Å²) in [5.74, 6) is 0. The summed E-state index contributed by atoms with van der Waals surface area (Å²) >= 11 is 1.82. The van der Waals surface area contributed by atoms with Crippen LogP contribution in [0.5, 0.6) is 0 Å². The molecule has 326 valence electrons. The van der Waals surface area contributed by atoms with Crippen LogP contribution in [0.1, 0.15) is 242 Å². The van der Waals surface area contributed by atoms with Crippen molar-refractivity contribution in [3.8, 4) is 0 Å². The SMILES string of the molecule is CCCCCc1cc(C2=CC(CCCC)=C(c3cc(CCCCC)c(CCCCC)c(CCCCC)c3)[N+]2=[N-])cc(CCCCC)c1CCCCC.C[CH2][Ni][CH2]C. The molecule has 0 unspecified atom stereocenters. The second-order valence-electron chi connectivity index (χ2n) is 16.7. The van der Waals surface area contributed by atoms with E-state index in [1.807, 2.05) is 14.4 Å². The van der Waals surface area contributed by atoms with Gasteiger partial charge in [0.15, 0.2) is 0 Å². The summed E-state index contributed by atoms with van der Waals surface area (Å²) in [6.45, 7) is 20.6. The van der Waals surface area contributed by atoms with E-state index in [-0.39, 0.29) is 0 Å². The Balaban J connectivity index is 0.00000210. The molecule has 0 saturated carbocycles. The average molecular weight is 826 g/mol. The molecule has 0 aliphatic carbocycles. The van der Waals surface area contributed by atoms with Gasteiger partial charge in [-0.15, -0.1) is 0 Å². The minimum absolute atomic E-state index is 0.988. The van der Waals surface area contributed by atoms with Gasteiger partial charge in [0.25, 0.3) is 0 Å². The summed E-state index contributed by atoms with van der Waals surface area (Å²) in [5.41, 5.74) is 27.7. The molecule has 0 radical (unpaired) electrons. The molecule has 57 heavy (non-hydrogen) atoms. The van der Waals surface area contributed by atoms with E-state index < -0.39 is 0 Å². The third kappa shape index (κ3) is 18.0. The number of unbranched alkanes of at least 4 members (excludes halogenated alkanes) is 13. The molecule has 0 atom stereocenters. The van der Waals surface area contributed by atoms with Crippen LogP contribution in [0.4, 0.5) is 0 Å². The van der Waals surface area contributed by atoms with Gasteiger partial charge in [0.2, 0.25) is 11.4 Å². The van der Waals surface area contributed by atoms with E-state index in [9.17, 15) is 5.53 Å². The van der Waals surface area contributed by atoms with Gasteiger partial charge in [-0.25, -0.2) is 4.70 Å². The fourth-order valence-corrected chi connectivity index (χ4v) is 9.05. The maximum atomic E-state index is 12.4. The fraction of sp³-hybridized carbons (Fsp3) is 0.704. The first-order valence-corrected chi connectivity index (χ1v) is 26.0. The molecule has 0 fully saturated rings. The molecule has 0 spiro atoms. The van der Waals surface area contributed by atoms with Gasteiger partial charge in [0, 0.05) is 22.8 Å². The van der Waals surface area contributed by atoms with Crippen molar-refractivity contribution in [3.63, 3.8) is 0 Å².